The van der Waals surface area contributed by atoms with E-state index in [-0.39, 0.29) is 5.91 Å². The first-order valence-electron chi connectivity index (χ1n) is 6.52. The first kappa shape index (κ1) is 16.2. The first-order chi connectivity index (χ1) is 8.91. The molecular formula is C13H23BrN4O. The molecule has 0 radical (unpaired) electrons. The second-order valence-electron chi connectivity index (χ2n) is 4.96. The fourth-order valence-electron chi connectivity index (χ4n) is 1.81. The van der Waals surface area contributed by atoms with Crippen LogP contribution < -0.4 is 5.32 Å². The molecule has 0 aromatic carbocycles. The maximum atomic E-state index is 11.7. The number of rotatable bonds is 7. The number of aryl methyl sites for hydroxylation is 2. The van der Waals surface area contributed by atoms with Gasteiger partial charge in [-0.05, 0) is 56.8 Å². The summed E-state index contributed by atoms with van der Waals surface area (Å²) in [6, 6.07) is 0. The predicted octanol–water partition coefficient (Wildman–Crippen LogP) is 1.72. The number of carbonyl (C=O) groups is 1. The summed E-state index contributed by atoms with van der Waals surface area (Å²) in [7, 11) is 4.06. The van der Waals surface area contributed by atoms with Crippen molar-refractivity contribution in [1.82, 2.24) is 20.0 Å². The number of amides is 1. The summed E-state index contributed by atoms with van der Waals surface area (Å²) in [4.78, 5) is 13.8. The van der Waals surface area contributed by atoms with Crippen LogP contribution in [0, 0.1) is 13.8 Å². The zero-order valence-electron chi connectivity index (χ0n) is 12.2. The molecule has 0 aliphatic heterocycles. The highest BCUT2D eigenvalue weighted by molar-refractivity contribution is 9.10. The Hall–Kier alpha value is -0.880. The Labute approximate surface area is 123 Å². The molecule has 0 fully saturated rings. The van der Waals surface area contributed by atoms with E-state index in [1.807, 2.05) is 32.6 Å². The van der Waals surface area contributed by atoms with Gasteiger partial charge < -0.3 is 10.2 Å². The maximum absolute atomic E-state index is 11.7. The van der Waals surface area contributed by atoms with Crippen molar-refractivity contribution >= 4 is 21.8 Å². The molecule has 5 nitrogen and oxygen atoms in total. The van der Waals surface area contributed by atoms with E-state index in [2.05, 4.69) is 31.2 Å². The minimum Gasteiger partial charge on any atom is -0.356 e. The molecule has 1 aromatic rings. The van der Waals surface area contributed by atoms with Crippen LogP contribution in [-0.4, -0.2) is 47.8 Å². The molecule has 6 heteroatoms. The van der Waals surface area contributed by atoms with Gasteiger partial charge in [-0.1, -0.05) is 0 Å². The summed E-state index contributed by atoms with van der Waals surface area (Å²) < 4.78 is 2.90. The van der Waals surface area contributed by atoms with Gasteiger partial charge in [0.25, 0.3) is 0 Å². The first-order valence-corrected chi connectivity index (χ1v) is 7.32. The van der Waals surface area contributed by atoms with Crippen LogP contribution in [0.1, 0.15) is 24.2 Å². The predicted molar refractivity (Wildman–Crippen MR) is 80.2 cm³/mol. The third-order valence-corrected chi connectivity index (χ3v) is 4.10. The minimum absolute atomic E-state index is 0.0856. The number of halogens is 1. The third kappa shape index (κ3) is 5.32. The van der Waals surface area contributed by atoms with Crippen molar-refractivity contribution in [3.8, 4) is 0 Å². The smallest absolute Gasteiger partial charge is 0.221 e. The van der Waals surface area contributed by atoms with E-state index in [9.17, 15) is 4.79 Å². The van der Waals surface area contributed by atoms with Crippen molar-refractivity contribution in [2.24, 2.45) is 0 Å². The van der Waals surface area contributed by atoms with Crippen LogP contribution in [0.5, 0.6) is 0 Å². The van der Waals surface area contributed by atoms with Crippen LogP contribution in [0.15, 0.2) is 4.47 Å². The van der Waals surface area contributed by atoms with Crippen LogP contribution in [0.3, 0.4) is 0 Å². The molecule has 0 bridgehead atoms. The Morgan fingerprint density at radius 2 is 2.11 bits per heavy atom. The molecule has 0 unspecified atom stereocenters. The molecule has 19 heavy (non-hydrogen) atoms. The summed E-state index contributed by atoms with van der Waals surface area (Å²) in [6.45, 7) is 6.30. The van der Waals surface area contributed by atoms with E-state index in [4.69, 9.17) is 0 Å². The summed E-state index contributed by atoms with van der Waals surface area (Å²) in [6.07, 6.45) is 1.44. The number of nitrogens with zero attached hydrogens (tertiary/aromatic N) is 3. The van der Waals surface area contributed by atoms with Crippen LogP contribution in [0.25, 0.3) is 0 Å². The topological polar surface area (TPSA) is 50.2 Å². The molecular weight excluding hydrogens is 308 g/mol. The Kier molecular flexibility index (Phi) is 6.51. The number of carbonyl (C=O) groups excluding carboxylic acids is 1. The lowest BCUT2D eigenvalue weighted by Gasteiger charge is -2.10. The van der Waals surface area contributed by atoms with Gasteiger partial charge in [0.15, 0.2) is 0 Å². The highest BCUT2D eigenvalue weighted by Crippen LogP contribution is 2.19. The Balaban J connectivity index is 2.28. The Bertz CT molecular complexity index is 429. The minimum atomic E-state index is 0.0856. The number of hydrogen-bond donors (Lipinski definition) is 1. The highest BCUT2D eigenvalue weighted by atomic mass is 79.9. The third-order valence-electron chi connectivity index (χ3n) is 2.95. The fourth-order valence-corrected chi connectivity index (χ4v) is 2.10. The molecule has 0 saturated carbocycles. The molecule has 0 aliphatic carbocycles. The number of hydrogen-bond acceptors (Lipinski definition) is 3. The summed E-state index contributed by atoms with van der Waals surface area (Å²) in [5.41, 5.74) is 2.03. The van der Waals surface area contributed by atoms with Crippen molar-refractivity contribution in [1.29, 1.82) is 0 Å². The average molecular weight is 331 g/mol. The van der Waals surface area contributed by atoms with E-state index in [0.29, 0.717) is 13.0 Å². The van der Waals surface area contributed by atoms with Crippen molar-refractivity contribution in [2.45, 2.75) is 33.2 Å². The lowest BCUT2D eigenvalue weighted by Crippen LogP contribution is -2.28. The molecule has 1 amide bonds. The Morgan fingerprint density at radius 3 is 2.63 bits per heavy atom. The normalized spacial score (nSPS) is 11.1. The quantitative estimate of drug-likeness (QED) is 0.774. The van der Waals surface area contributed by atoms with Gasteiger partial charge >= 0.3 is 0 Å². The van der Waals surface area contributed by atoms with Crippen LogP contribution >= 0.6 is 15.9 Å². The van der Waals surface area contributed by atoms with Gasteiger partial charge in [-0.2, -0.15) is 5.10 Å². The van der Waals surface area contributed by atoms with E-state index in [0.717, 1.165) is 35.4 Å². The fraction of sp³-hybridized carbons (Fsp3) is 0.692. The van der Waals surface area contributed by atoms with Crippen molar-refractivity contribution in [3.63, 3.8) is 0 Å². The lowest BCUT2D eigenvalue weighted by molar-refractivity contribution is -0.121. The van der Waals surface area contributed by atoms with E-state index < -0.39 is 0 Å². The molecule has 1 rings (SSSR count). The molecule has 0 atom stereocenters. The molecule has 0 saturated heterocycles. The highest BCUT2D eigenvalue weighted by Gasteiger charge is 2.09. The van der Waals surface area contributed by atoms with Gasteiger partial charge in [0, 0.05) is 18.7 Å². The summed E-state index contributed by atoms with van der Waals surface area (Å²) in [5.74, 6) is 0.0856. The van der Waals surface area contributed by atoms with Gasteiger partial charge in [-0.15, -0.1) is 0 Å². The molecule has 1 aromatic heterocycles. The standard InChI is InChI=1S/C13H23BrN4O/c1-10-13(14)11(2)18(16-10)9-6-12(19)15-7-5-8-17(3)4/h5-9H2,1-4H3,(H,15,19). The molecule has 0 spiro atoms. The zero-order chi connectivity index (χ0) is 14.4. The van der Waals surface area contributed by atoms with E-state index in [1.165, 1.54) is 0 Å². The molecule has 1 N–H and O–H groups in total. The molecule has 0 aliphatic rings. The van der Waals surface area contributed by atoms with Crippen LogP contribution in [-0.2, 0) is 11.3 Å². The SMILES string of the molecule is Cc1nn(CCC(=O)NCCCN(C)C)c(C)c1Br. The van der Waals surface area contributed by atoms with Gasteiger partial charge in [0.1, 0.15) is 0 Å². The van der Waals surface area contributed by atoms with Crippen molar-refractivity contribution in [3.05, 3.63) is 15.9 Å². The van der Waals surface area contributed by atoms with Crippen LogP contribution in [0.4, 0.5) is 0 Å². The maximum Gasteiger partial charge on any atom is 0.221 e. The van der Waals surface area contributed by atoms with E-state index in [1.54, 1.807) is 0 Å². The second kappa shape index (κ2) is 7.65. The molecule has 1 heterocycles. The van der Waals surface area contributed by atoms with Crippen molar-refractivity contribution < 1.29 is 4.79 Å². The zero-order valence-corrected chi connectivity index (χ0v) is 13.7. The summed E-state index contributed by atoms with van der Waals surface area (Å²) in [5, 5.41) is 7.32. The monoisotopic (exact) mass is 330 g/mol. The van der Waals surface area contributed by atoms with Crippen LogP contribution in [0.2, 0.25) is 0 Å². The Morgan fingerprint density at radius 1 is 1.42 bits per heavy atom. The second-order valence-corrected chi connectivity index (χ2v) is 5.76. The van der Waals surface area contributed by atoms with Gasteiger partial charge in [-0.3, -0.25) is 9.48 Å². The number of aromatic nitrogens is 2. The average Bonchev–Trinajstić information content (AvgIpc) is 2.59. The number of nitrogens with one attached hydrogen (secondary N) is 1. The summed E-state index contributed by atoms with van der Waals surface area (Å²) >= 11 is 3.48. The van der Waals surface area contributed by atoms with Gasteiger partial charge in [0.05, 0.1) is 16.7 Å². The van der Waals surface area contributed by atoms with Gasteiger partial charge in [-0.25, -0.2) is 0 Å². The lowest BCUT2D eigenvalue weighted by atomic mass is 10.3. The van der Waals surface area contributed by atoms with E-state index >= 15 is 0 Å². The molecule has 108 valence electrons. The van der Waals surface area contributed by atoms with Gasteiger partial charge in [0.2, 0.25) is 5.91 Å². The van der Waals surface area contributed by atoms with Crippen molar-refractivity contribution in [2.75, 3.05) is 27.2 Å². The largest absolute Gasteiger partial charge is 0.356 e.